The molecule has 5 heteroatoms. The minimum Gasteiger partial charge on any atom is -0.360 e. The molecule has 26 heavy (non-hydrogen) atoms. The van der Waals surface area contributed by atoms with Crippen molar-refractivity contribution in [2.24, 2.45) is 0 Å². The first-order chi connectivity index (χ1) is 12.6. The van der Waals surface area contributed by atoms with Crippen LogP contribution in [-0.2, 0) is 0 Å². The Hall–Kier alpha value is -2.66. The third-order valence-corrected chi connectivity index (χ3v) is 4.71. The molecular weight excluding hydrogens is 329 g/mol. The molecule has 3 aromatic rings. The van der Waals surface area contributed by atoms with Crippen molar-refractivity contribution in [3.8, 4) is 11.1 Å². The zero-order valence-electron chi connectivity index (χ0n) is 15.2. The Morgan fingerprint density at radius 2 is 1.85 bits per heavy atom. The first-order valence-electron chi connectivity index (χ1n) is 9.00. The highest BCUT2D eigenvalue weighted by Gasteiger charge is 2.09. The number of fused-ring (bicyclic) bond motifs is 1. The Bertz CT molecular complexity index is 882. The van der Waals surface area contributed by atoms with E-state index in [2.05, 4.69) is 29.0 Å². The van der Waals surface area contributed by atoms with Gasteiger partial charge in [0, 0.05) is 41.3 Å². The molecule has 0 spiro atoms. The maximum Gasteiger partial charge on any atom is 0.251 e. The molecule has 4 nitrogen and oxygen atoms in total. The number of carbonyl (C=O) groups is 1. The lowest BCUT2D eigenvalue weighted by Gasteiger charge is -2.17. The average Bonchev–Trinajstić information content (AvgIpc) is 3.08. The quantitative estimate of drug-likeness (QED) is 0.673. The van der Waals surface area contributed by atoms with Crippen LogP contribution in [0.25, 0.3) is 22.0 Å². The van der Waals surface area contributed by atoms with E-state index in [1.54, 1.807) is 6.07 Å². The third-order valence-electron chi connectivity index (χ3n) is 4.71. The number of hydrogen-bond donors (Lipinski definition) is 2. The number of aromatic amines is 1. The number of hydrogen-bond acceptors (Lipinski definition) is 2. The van der Waals surface area contributed by atoms with E-state index in [0.29, 0.717) is 12.1 Å². The third kappa shape index (κ3) is 3.94. The van der Waals surface area contributed by atoms with E-state index < -0.39 is 0 Å². The minimum absolute atomic E-state index is 0.0651. The summed E-state index contributed by atoms with van der Waals surface area (Å²) in [5, 5.41) is 3.92. The predicted molar refractivity (Wildman–Crippen MR) is 104 cm³/mol. The molecule has 0 unspecified atom stereocenters. The molecule has 2 aromatic carbocycles. The lowest BCUT2D eigenvalue weighted by molar-refractivity contribution is 0.0949. The first-order valence-corrected chi connectivity index (χ1v) is 9.00. The molecule has 0 aliphatic rings. The number of likely N-dealkylation sites (N-methyl/N-ethyl adjacent to an activating group) is 1. The molecular formula is C21H24FN3O. The van der Waals surface area contributed by atoms with Crippen LogP contribution < -0.4 is 5.32 Å². The summed E-state index contributed by atoms with van der Waals surface area (Å²) in [5.74, 6) is -0.327. The highest BCUT2D eigenvalue weighted by Crippen LogP contribution is 2.29. The van der Waals surface area contributed by atoms with Gasteiger partial charge in [-0.25, -0.2) is 4.39 Å². The van der Waals surface area contributed by atoms with Gasteiger partial charge in [-0.05, 0) is 49.0 Å². The summed E-state index contributed by atoms with van der Waals surface area (Å²) >= 11 is 0. The summed E-state index contributed by atoms with van der Waals surface area (Å²) in [5.41, 5.74) is 3.38. The zero-order valence-corrected chi connectivity index (χ0v) is 15.2. The summed E-state index contributed by atoms with van der Waals surface area (Å²) in [6.45, 7) is 7.68. The van der Waals surface area contributed by atoms with Crippen LogP contribution in [0.5, 0.6) is 0 Å². The average molecular weight is 353 g/mol. The number of halogens is 1. The topological polar surface area (TPSA) is 48.1 Å². The SMILES string of the molecule is CCN(CC)CCNC(=O)c1ccc(-c2c[nH]c3cc(F)ccc23)cc1. The molecule has 0 aliphatic heterocycles. The molecule has 3 rings (SSSR count). The normalized spacial score (nSPS) is 11.2. The smallest absolute Gasteiger partial charge is 0.251 e. The number of rotatable bonds is 7. The van der Waals surface area contributed by atoms with Crippen LogP contribution in [0.2, 0.25) is 0 Å². The van der Waals surface area contributed by atoms with E-state index in [1.807, 2.05) is 30.5 Å². The Morgan fingerprint density at radius 3 is 2.54 bits per heavy atom. The minimum atomic E-state index is -0.261. The van der Waals surface area contributed by atoms with Crippen molar-refractivity contribution in [2.45, 2.75) is 13.8 Å². The van der Waals surface area contributed by atoms with Crippen molar-refractivity contribution in [3.05, 3.63) is 60.0 Å². The van der Waals surface area contributed by atoms with Gasteiger partial charge < -0.3 is 15.2 Å². The largest absolute Gasteiger partial charge is 0.360 e. The molecule has 0 radical (unpaired) electrons. The van der Waals surface area contributed by atoms with Gasteiger partial charge in [0.05, 0.1) is 0 Å². The number of carbonyl (C=O) groups excluding carboxylic acids is 1. The van der Waals surface area contributed by atoms with Gasteiger partial charge in [-0.1, -0.05) is 26.0 Å². The molecule has 1 heterocycles. The number of benzene rings is 2. The van der Waals surface area contributed by atoms with Crippen LogP contribution in [0, 0.1) is 5.82 Å². The van der Waals surface area contributed by atoms with Crippen LogP contribution in [-0.4, -0.2) is 42.0 Å². The Kier molecular flexibility index (Phi) is 5.68. The van der Waals surface area contributed by atoms with Crippen molar-refractivity contribution >= 4 is 16.8 Å². The first kappa shape index (κ1) is 18.1. The van der Waals surface area contributed by atoms with Crippen LogP contribution in [0.3, 0.4) is 0 Å². The molecule has 0 saturated carbocycles. The highest BCUT2D eigenvalue weighted by molar-refractivity contribution is 5.97. The van der Waals surface area contributed by atoms with E-state index in [9.17, 15) is 9.18 Å². The summed E-state index contributed by atoms with van der Waals surface area (Å²) < 4.78 is 13.3. The fourth-order valence-corrected chi connectivity index (χ4v) is 3.11. The summed E-state index contributed by atoms with van der Waals surface area (Å²) in [4.78, 5) is 17.6. The number of H-pyrrole nitrogens is 1. The van der Waals surface area contributed by atoms with Crippen molar-refractivity contribution in [3.63, 3.8) is 0 Å². The van der Waals surface area contributed by atoms with E-state index in [-0.39, 0.29) is 11.7 Å². The van der Waals surface area contributed by atoms with Crippen LogP contribution >= 0.6 is 0 Å². The monoisotopic (exact) mass is 353 g/mol. The lowest BCUT2D eigenvalue weighted by Crippen LogP contribution is -2.34. The maximum absolute atomic E-state index is 13.3. The molecule has 0 fully saturated rings. The van der Waals surface area contributed by atoms with Crippen molar-refractivity contribution in [1.82, 2.24) is 15.2 Å². The van der Waals surface area contributed by atoms with Gasteiger partial charge in [0.2, 0.25) is 0 Å². The molecule has 0 bridgehead atoms. The van der Waals surface area contributed by atoms with Gasteiger partial charge in [0.1, 0.15) is 5.82 Å². The summed E-state index contributed by atoms with van der Waals surface area (Å²) in [6.07, 6.45) is 1.86. The van der Waals surface area contributed by atoms with E-state index in [1.165, 1.54) is 12.1 Å². The maximum atomic E-state index is 13.3. The molecule has 1 amide bonds. The number of nitrogens with zero attached hydrogens (tertiary/aromatic N) is 1. The Labute approximate surface area is 153 Å². The van der Waals surface area contributed by atoms with Crippen LogP contribution in [0.15, 0.2) is 48.7 Å². The van der Waals surface area contributed by atoms with E-state index in [4.69, 9.17) is 0 Å². The molecule has 0 saturated heterocycles. The van der Waals surface area contributed by atoms with Crippen LogP contribution in [0.4, 0.5) is 4.39 Å². The van der Waals surface area contributed by atoms with E-state index >= 15 is 0 Å². The molecule has 1 aromatic heterocycles. The molecule has 2 N–H and O–H groups in total. The molecule has 0 aliphatic carbocycles. The number of aromatic nitrogens is 1. The Balaban J connectivity index is 1.69. The number of nitrogens with one attached hydrogen (secondary N) is 2. The molecule has 0 atom stereocenters. The fourth-order valence-electron chi connectivity index (χ4n) is 3.11. The van der Waals surface area contributed by atoms with E-state index in [0.717, 1.165) is 41.7 Å². The summed E-state index contributed by atoms with van der Waals surface area (Å²) in [6, 6.07) is 12.2. The van der Waals surface area contributed by atoms with Gasteiger partial charge in [-0.15, -0.1) is 0 Å². The lowest BCUT2D eigenvalue weighted by atomic mass is 10.0. The summed E-state index contributed by atoms with van der Waals surface area (Å²) in [7, 11) is 0. The fraction of sp³-hybridized carbons (Fsp3) is 0.286. The number of amides is 1. The molecule has 136 valence electrons. The second-order valence-corrected chi connectivity index (χ2v) is 6.25. The van der Waals surface area contributed by atoms with Gasteiger partial charge in [0.25, 0.3) is 5.91 Å². The second kappa shape index (κ2) is 8.15. The van der Waals surface area contributed by atoms with Crippen molar-refractivity contribution in [2.75, 3.05) is 26.2 Å². The van der Waals surface area contributed by atoms with Gasteiger partial charge in [-0.3, -0.25) is 4.79 Å². The Morgan fingerprint density at radius 1 is 1.12 bits per heavy atom. The van der Waals surface area contributed by atoms with Gasteiger partial charge in [0.15, 0.2) is 0 Å². The highest BCUT2D eigenvalue weighted by atomic mass is 19.1. The standard InChI is InChI=1S/C21H24FN3O/c1-3-25(4-2)12-11-23-21(26)16-7-5-15(6-8-16)19-14-24-20-13-17(22)9-10-18(19)20/h5-10,13-14,24H,3-4,11-12H2,1-2H3,(H,23,26). The second-order valence-electron chi connectivity index (χ2n) is 6.25. The van der Waals surface area contributed by atoms with Gasteiger partial charge in [-0.2, -0.15) is 0 Å². The van der Waals surface area contributed by atoms with Gasteiger partial charge >= 0.3 is 0 Å². The zero-order chi connectivity index (χ0) is 18.5. The predicted octanol–water partition coefficient (Wildman–Crippen LogP) is 4.05. The van der Waals surface area contributed by atoms with Crippen molar-refractivity contribution in [1.29, 1.82) is 0 Å². The van der Waals surface area contributed by atoms with Crippen molar-refractivity contribution < 1.29 is 9.18 Å². The van der Waals surface area contributed by atoms with Crippen LogP contribution in [0.1, 0.15) is 24.2 Å².